The summed E-state index contributed by atoms with van der Waals surface area (Å²) in [6.45, 7) is 1.97. The van der Waals surface area contributed by atoms with Crippen LogP contribution in [0.15, 0.2) is 0 Å². The zero-order chi connectivity index (χ0) is 9.56. The van der Waals surface area contributed by atoms with Gasteiger partial charge in [-0.2, -0.15) is 9.79 Å². The van der Waals surface area contributed by atoms with Crippen LogP contribution >= 0.6 is 16.1 Å². The second-order valence-corrected chi connectivity index (χ2v) is 5.04. The number of unbranched alkanes of at least 4 members (excludes halogenated alkanes) is 1. The van der Waals surface area contributed by atoms with Gasteiger partial charge in [-0.3, -0.25) is 0 Å². The van der Waals surface area contributed by atoms with Crippen molar-refractivity contribution >= 4 is 16.1 Å². The molecular weight excluding hydrogens is 198 g/mol. The van der Waals surface area contributed by atoms with E-state index in [1.807, 2.05) is 6.92 Å². The van der Waals surface area contributed by atoms with Gasteiger partial charge in [0.2, 0.25) is 11.8 Å². The average molecular weight is 212 g/mol. The van der Waals surface area contributed by atoms with Crippen LogP contribution in [0.25, 0.3) is 0 Å². The molecule has 0 radical (unpaired) electrons. The van der Waals surface area contributed by atoms with E-state index in [0.29, 0.717) is 6.42 Å². The predicted octanol–water partition coefficient (Wildman–Crippen LogP) is 2.01. The minimum Gasteiger partial charge on any atom is -0.161 e. The van der Waals surface area contributed by atoms with Crippen LogP contribution in [0.3, 0.4) is 0 Å². The van der Waals surface area contributed by atoms with Gasteiger partial charge in [-0.15, -0.1) is 0 Å². The standard InChI is InChI=1S/C6H12O4P2/c1-2-3-4-6(12(9)10)5-11(7)8/h6H,2-5H2,1H3/p+2. The fourth-order valence-electron chi connectivity index (χ4n) is 0.892. The van der Waals surface area contributed by atoms with Crippen LogP contribution in [-0.4, -0.2) is 21.6 Å². The molecule has 2 N–H and O–H groups in total. The van der Waals surface area contributed by atoms with Crippen molar-refractivity contribution in [3.8, 4) is 0 Å². The lowest BCUT2D eigenvalue weighted by atomic mass is 10.2. The van der Waals surface area contributed by atoms with E-state index < -0.39 is 21.7 Å². The molecule has 0 fully saturated rings. The van der Waals surface area contributed by atoms with Crippen molar-refractivity contribution in [3.05, 3.63) is 0 Å². The Labute approximate surface area is 73.7 Å². The van der Waals surface area contributed by atoms with E-state index in [0.717, 1.165) is 12.8 Å². The summed E-state index contributed by atoms with van der Waals surface area (Å²) in [5, 5.41) is 0. The molecule has 0 aliphatic carbocycles. The molecule has 12 heavy (non-hydrogen) atoms. The third-order valence-electron chi connectivity index (χ3n) is 1.57. The summed E-state index contributed by atoms with van der Waals surface area (Å²) in [5.74, 6) is 0. The van der Waals surface area contributed by atoms with Gasteiger partial charge >= 0.3 is 16.1 Å². The molecule has 0 aromatic carbocycles. The Kier molecular flexibility index (Phi) is 6.68. The molecule has 3 atom stereocenters. The second kappa shape index (κ2) is 6.62. The number of hydrogen-bond donors (Lipinski definition) is 2. The summed E-state index contributed by atoms with van der Waals surface area (Å²) in [4.78, 5) is 17.3. The molecule has 0 saturated heterocycles. The third-order valence-corrected chi connectivity index (χ3v) is 3.68. The van der Waals surface area contributed by atoms with Gasteiger partial charge < -0.3 is 0 Å². The Balaban J connectivity index is 3.87. The van der Waals surface area contributed by atoms with Crippen LogP contribution in [0.4, 0.5) is 0 Å². The molecule has 3 unspecified atom stereocenters. The zero-order valence-corrected chi connectivity index (χ0v) is 8.80. The van der Waals surface area contributed by atoms with E-state index in [4.69, 9.17) is 9.79 Å². The van der Waals surface area contributed by atoms with Gasteiger partial charge in [-0.1, -0.05) is 13.3 Å². The largest absolute Gasteiger partial charge is 0.513 e. The molecule has 0 aromatic heterocycles. The minimum atomic E-state index is -2.30. The maximum atomic E-state index is 10.6. The van der Waals surface area contributed by atoms with Gasteiger partial charge in [0.05, 0.1) is 0 Å². The van der Waals surface area contributed by atoms with Crippen LogP contribution < -0.4 is 0 Å². The van der Waals surface area contributed by atoms with Crippen molar-refractivity contribution in [2.45, 2.75) is 31.8 Å². The predicted molar refractivity (Wildman–Crippen MR) is 47.8 cm³/mol. The van der Waals surface area contributed by atoms with E-state index in [9.17, 15) is 9.13 Å². The summed E-state index contributed by atoms with van der Waals surface area (Å²) >= 11 is 0. The van der Waals surface area contributed by atoms with E-state index in [1.165, 1.54) is 0 Å². The molecule has 4 nitrogen and oxygen atoms in total. The molecule has 0 aliphatic heterocycles. The smallest absolute Gasteiger partial charge is 0.161 e. The first-order chi connectivity index (χ1) is 5.57. The Morgan fingerprint density at radius 1 is 1.33 bits per heavy atom. The average Bonchev–Trinajstić information content (AvgIpc) is 1.96. The maximum Gasteiger partial charge on any atom is 0.513 e. The van der Waals surface area contributed by atoms with Crippen molar-refractivity contribution < 1.29 is 18.9 Å². The Hall–Kier alpha value is 0.120. The molecule has 0 amide bonds. The Morgan fingerprint density at radius 2 is 1.92 bits per heavy atom. The highest BCUT2D eigenvalue weighted by molar-refractivity contribution is 7.43. The van der Waals surface area contributed by atoms with Crippen molar-refractivity contribution in [2.75, 3.05) is 6.16 Å². The first-order valence-electron chi connectivity index (χ1n) is 3.86. The van der Waals surface area contributed by atoms with E-state index in [-0.39, 0.29) is 6.16 Å². The lowest BCUT2D eigenvalue weighted by Crippen LogP contribution is -2.05. The van der Waals surface area contributed by atoms with E-state index >= 15 is 0 Å². The lowest BCUT2D eigenvalue weighted by molar-refractivity contribution is 0.474. The first-order valence-corrected chi connectivity index (χ1v) is 6.54. The molecule has 6 heteroatoms. The fraction of sp³-hybridized carbons (Fsp3) is 1.00. The lowest BCUT2D eigenvalue weighted by Gasteiger charge is -1.94. The van der Waals surface area contributed by atoms with E-state index in [1.54, 1.807) is 0 Å². The summed E-state index contributed by atoms with van der Waals surface area (Å²) in [6, 6.07) is 0. The normalized spacial score (nSPS) is 15.6. The number of rotatable bonds is 6. The van der Waals surface area contributed by atoms with Crippen LogP contribution in [0.1, 0.15) is 26.2 Å². The summed E-state index contributed by atoms with van der Waals surface area (Å²) in [5.41, 5.74) is -0.506. The monoisotopic (exact) mass is 212 g/mol. The van der Waals surface area contributed by atoms with Crippen molar-refractivity contribution in [1.29, 1.82) is 0 Å². The molecule has 0 rings (SSSR count). The molecule has 0 heterocycles. The van der Waals surface area contributed by atoms with Gasteiger partial charge in [-0.25, -0.2) is 0 Å². The highest BCUT2D eigenvalue weighted by Gasteiger charge is 2.36. The van der Waals surface area contributed by atoms with Gasteiger partial charge in [0.25, 0.3) is 0 Å². The van der Waals surface area contributed by atoms with Gasteiger partial charge in [0, 0.05) is 6.42 Å². The first kappa shape index (κ1) is 12.1. The van der Waals surface area contributed by atoms with Gasteiger partial charge in [0.1, 0.15) is 0 Å². The highest BCUT2D eigenvalue weighted by Crippen LogP contribution is 2.33. The second-order valence-electron chi connectivity index (χ2n) is 2.63. The van der Waals surface area contributed by atoms with E-state index in [2.05, 4.69) is 0 Å². The van der Waals surface area contributed by atoms with Crippen LogP contribution in [-0.2, 0) is 9.13 Å². The van der Waals surface area contributed by atoms with Gasteiger partial charge in [0.15, 0.2) is 0 Å². The molecule has 0 aromatic rings. The van der Waals surface area contributed by atoms with Crippen LogP contribution in [0.2, 0.25) is 0 Å². The minimum absolute atomic E-state index is 0.0545. The maximum absolute atomic E-state index is 10.6. The Morgan fingerprint density at radius 3 is 2.25 bits per heavy atom. The van der Waals surface area contributed by atoms with Crippen LogP contribution in [0, 0.1) is 0 Å². The summed E-state index contributed by atoms with van der Waals surface area (Å²) < 4.78 is 21.0. The highest BCUT2D eigenvalue weighted by atomic mass is 31.1. The molecule has 0 bridgehead atoms. The molecule has 0 spiro atoms. The summed E-state index contributed by atoms with van der Waals surface area (Å²) in [7, 11) is -4.58. The third kappa shape index (κ3) is 5.73. The zero-order valence-electron chi connectivity index (χ0n) is 7.01. The van der Waals surface area contributed by atoms with Crippen molar-refractivity contribution in [2.24, 2.45) is 0 Å². The molecule has 0 saturated carbocycles. The SMILES string of the molecule is CCCCC(C[P+](=O)O)[P+](=O)O. The quantitative estimate of drug-likeness (QED) is 0.660. The Bertz CT molecular complexity index is 171. The summed E-state index contributed by atoms with van der Waals surface area (Å²) in [6.07, 6.45) is 2.27. The van der Waals surface area contributed by atoms with Crippen molar-refractivity contribution in [1.82, 2.24) is 0 Å². The number of hydrogen-bond acceptors (Lipinski definition) is 2. The molecule has 0 aliphatic rings. The molecule has 70 valence electrons. The molecular formula is C6H14O4P2+2. The van der Waals surface area contributed by atoms with Gasteiger partial charge in [-0.05, 0) is 15.6 Å². The van der Waals surface area contributed by atoms with Crippen LogP contribution in [0.5, 0.6) is 0 Å². The topological polar surface area (TPSA) is 74.6 Å². The van der Waals surface area contributed by atoms with Crippen molar-refractivity contribution in [3.63, 3.8) is 0 Å². The fourth-order valence-corrected chi connectivity index (χ4v) is 2.82.